The summed E-state index contributed by atoms with van der Waals surface area (Å²) < 4.78 is 32.8. The second kappa shape index (κ2) is 8.26. The second-order valence-electron chi connectivity index (χ2n) is 11.2. The van der Waals surface area contributed by atoms with E-state index in [1.54, 1.807) is 13.8 Å². The third-order valence-corrected chi connectivity index (χ3v) is 10.2. The number of alkyl halides is 2. The first-order valence-electron chi connectivity index (χ1n) is 11.9. The number of hydrogen-bond donors (Lipinski definition) is 4. The van der Waals surface area contributed by atoms with Gasteiger partial charge < -0.3 is 20.4 Å². The average molecular weight is 561 g/mol. The van der Waals surface area contributed by atoms with Crippen LogP contribution in [0.1, 0.15) is 52.9 Å². The summed E-state index contributed by atoms with van der Waals surface area (Å²) in [7, 11) is 0. The van der Waals surface area contributed by atoms with Gasteiger partial charge in [0.1, 0.15) is 17.9 Å². The molecule has 0 bridgehead atoms. The minimum atomic E-state index is -2.37. The van der Waals surface area contributed by atoms with Gasteiger partial charge in [-0.25, -0.2) is 8.78 Å². The van der Waals surface area contributed by atoms with Crippen molar-refractivity contribution in [3.63, 3.8) is 0 Å². The molecule has 4 unspecified atom stereocenters. The molecule has 3 fully saturated rings. The van der Waals surface area contributed by atoms with Gasteiger partial charge in [0.2, 0.25) is 0 Å². The van der Waals surface area contributed by atoms with Crippen LogP contribution >= 0.6 is 15.9 Å². The molecule has 4 rings (SSSR count). The molecular weight excluding hydrogens is 530 g/mol. The Balaban J connectivity index is 1.78. The van der Waals surface area contributed by atoms with Gasteiger partial charge in [-0.2, -0.15) is 0 Å². The molecule has 10 atom stereocenters. The van der Waals surface area contributed by atoms with Crippen molar-refractivity contribution in [1.82, 2.24) is 0 Å². The van der Waals surface area contributed by atoms with Gasteiger partial charge in [-0.15, -0.1) is 0 Å². The Morgan fingerprint density at radius 2 is 1.89 bits per heavy atom. The van der Waals surface area contributed by atoms with Gasteiger partial charge >= 0.3 is 5.97 Å². The lowest BCUT2D eigenvalue weighted by Crippen LogP contribution is -2.71. The quantitative estimate of drug-likeness (QED) is 0.406. The molecule has 4 N–H and O–H groups in total. The van der Waals surface area contributed by atoms with Gasteiger partial charge in [-0.05, 0) is 72.0 Å². The first-order valence-corrected chi connectivity index (χ1v) is 12.7. The van der Waals surface area contributed by atoms with Gasteiger partial charge in [-0.3, -0.25) is 14.4 Å². The zero-order valence-electron chi connectivity index (χ0n) is 19.8. The van der Waals surface area contributed by atoms with Crippen molar-refractivity contribution in [3.8, 4) is 0 Å². The van der Waals surface area contributed by atoms with Crippen molar-refractivity contribution in [2.45, 2.75) is 82.5 Å². The van der Waals surface area contributed by atoms with Crippen molar-refractivity contribution in [2.24, 2.45) is 28.6 Å². The number of hydrogen-bond acceptors (Lipinski definition) is 6. The first kappa shape index (κ1) is 26.6. The number of aliphatic carboxylic acids is 1. The Kier molecular flexibility index (Phi) is 6.27. The number of carbonyl (C=O) groups excluding carboxylic acids is 2. The summed E-state index contributed by atoms with van der Waals surface area (Å²) in [6.45, 7) is 4.61. The summed E-state index contributed by atoms with van der Waals surface area (Å²) in [6.07, 6.45) is -4.09. The number of carboxylic acid groups (broad SMARTS) is 1. The van der Waals surface area contributed by atoms with Crippen LogP contribution in [0.5, 0.6) is 0 Å². The van der Waals surface area contributed by atoms with E-state index in [2.05, 4.69) is 15.9 Å². The molecule has 4 aliphatic carbocycles. The van der Waals surface area contributed by atoms with Crippen LogP contribution in [0.15, 0.2) is 22.2 Å². The summed E-state index contributed by atoms with van der Waals surface area (Å²) in [5.74, 6) is -5.20. The highest BCUT2D eigenvalue weighted by atomic mass is 79.9. The van der Waals surface area contributed by atoms with Crippen LogP contribution in [0.3, 0.4) is 0 Å². The molecule has 0 aliphatic heterocycles. The fraction of sp³-hybridized carbons (Fsp3) is 0.720. The third-order valence-electron chi connectivity index (χ3n) is 9.58. The standard InChI is InChI=1S/C25H31BrF2O7/c1-11-6-12-13-7-16(27)14-8-18(30)15(26)9-22(14,2)24(13,28)19(31)10-23(12,3)25(11,35)21(34)17(29)4-5-20(32)33/h8-9,11-13,16-17,19,29,31,35H,4-7,10H2,1-3H3,(H,32,33)/t11?,12-,13-,16?,17?,19?,22-,23-,24-,25-/m0/s1. The molecule has 0 radical (unpaired) electrons. The lowest BCUT2D eigenvalue weighted by molar-refractivity contribution is -0.225. The summed E-state index contributed by atoms with van der Waals surface area (Å²) in [5, 5.41) is 42.4. The smallest absolute Gasteiger partial charge is 0.303 e. The van der Waals surface area contributed by atoms with Crippen molar-refractivity contribution in [3.05, 3.63) is 22.2 Å². The maximum Gasteiger partial charge on any atom is 0.303 e. The first-order chi connectivity index (χ1) is 16.1. The predicted molar refractivity (Wildman–Crippen MR) is 124 cm³/mol. The van der Waals surface area contributed by atoms with Gasteiger partial charge in [0.25, 0.3) is 0 Å². The Morgan fingerprint density at radius 1 is 1.26 bits per heavy atom. The van der Waals surface area contributed by atoms with Crippen LogP contribution in [0.25, 0.3) is 0 Å². The van der Waals surface area contributed by atoms with E-state index in [-0.39, 0.29) is 29.3 Å². The molecule has 0 amide bonds. The number of Topliss-reactive ketones (excluding diaryl/α,β-unsaturated/α-hetero) is 1. The zero-order valence-corrected chi connectivity index (χ0v) is 21.4. The minimum Gasteiger partial charge on any atom is -0.481 e. The lowest BCUT2D eigenvalue weighted by atomic mass is 9.44. The maximum atomic E-state index is 17.2. The van der Waals surface area contributed by atoms with Crippen LogP contribution in [0, 0.1) is 28.6 Å². The molecule has 10 heteroatoms. The Bertz CT molecular complexity index is 1040. The van der Waals surface area contributed by atoms with Gasteiger partial charge in [0, 0.05) is 23.2 Å². The normalized spacial score (nSPS) is 47.7. The largest absolute Gasteiger partial charge is 0.481 e. The molecular formula is C25H31BrF2O7. The van der Waals surface area contributed by atoms with E-state index in [1.807, 2.05) is 0 Å². The molecule has 0 saturated heterocycles. The number of aliphatic hydroxyl groups excluding tert-OH is 2. The molecule has 194 valence electrons. The van der Waals surface area contributed by atoms with Crippen molar-refractivity contribution in [1.29, 1.82) is 0 Å². The number of fused-ring (bicyclic) bond motifs is 5. The fourth-order valence-electron chi connectivity index (χ4n) is 7.76. The van der Waals surface area contributed by atoms with E-state index in [1.165, 1.54) is 13.0 Å². The number of carboxylic acids is 1. The predicted octanol–water partition coefficient (Wildman–Crippen LogP) is 2.80. The maximum absolute atomic E-state index is 17.2. The van der Waals surface area contributed by atoms with Crippen molar-refractivity contribution in [2.75, 3.05) is 0 Å². The van der Waals surface area contributed by atoms with E-state index in [4.69, 9.17) is 5.11 Å². The summed E-state index contributed by atoms with van der Waals surface area (Å²) in [4.78, 5) is 36.4. The van der Waals surface area contributed by atoms with Crippen LogP contribution in [0.4, 0.5) is 8.78 Å². The number of halogens is 3. The Hall–Kier alpha value is -1.49. The molecule has 3 saturated carbocycles. The molecule has 0 heterocycles. The molecule has 4 aliphatic rings. The van der Waals surface area contributed by atoms with Gasteiger partial charge in [-0.1, -0.05) is 19.9 Å². The topological polar surface area (TPSA) is 132 Å². The number of aliphatic hydroxyl groups is 3. The SMILES string of the molecule is CC1C[C@H]2[C@@H]3CC(F)C4=CC(=O)C(Br)=C[C@]4(C)[C@@]3(F)C(O)C[C@]2(C)[C@@]1(O)C(=O)C(O)CCC(=O)O. The Morgan fingerprint density at radius 3 is 2.49 bits per heavy atom. The Labute approximate surface area is 210 Å². The highest BCUT2D eigenvalue weighted by Crippen LogP contribution is 2.71. The van der Waals surface area contributed by atoms with E-state index in [9.17, 15) is 29.7 Å². The van der Waals surface area contributed by atoms with Crippen molar-refractivity contribution < 1.29 is 43.6 Å². The highest BCUT2D eigenvalue weighted by molar-refractivity contribution is 9.12. The van der Waals surface area contributed by atoms with E-state index in [0.29, 0.717) is 0 Å². The number of carbonyl (C=O) groups is 3. The van der Waals surface area contributed by atoms with E-state index < -0.39 is 88.6 Å². The zero-order chi connectivity index (χ0) is 26.3. The third kappa shape index (κ3) is 3.32. The van der Waals surface area contributed by atoms with E-state index in [0.717, 1.165) is 6.08 Å². The molecule has 35 heavy (non-hydrogen) atoms. The van der Waals surface area contributed by atoms with E-state index >= 15 is 8.78 Å². The summed E-state index contributed by atoms with van der Waals surface area (Å²) >= 11 is 3.13. The fourth-order valence-corrected chi connectivity index (χ4v) is 8.34. The molecule has 0 aromatic heterocycles. The second-order valence-corrected chi connectivity index (χ2v) is 12.1. The van der Waals surface area contributed by atoms with Gasteiger partial charge in [0.05, 0.1) is 10.6 Å². The monoisotopic (exact) mass is 560 g/mol. The van der Waals surface area contributed by atoms with Crippen LogP contribution in [-0.2, 0) is 14.4 Å². The van der Waals surface area contributed by atoms with Gasteiger partial charge in [0.15, 0.2) is 17.2 Å². The number of rotatable bonds is 5. The number of allylic oxidation sites excluding steroid dienone is 4. The molecule has 7 nitrogen and oxygen atoms in total. The lowest BCUT2D eigenvalue weighted by Gasteiger charge is -2.63. The van der Waals surface area contributed by atoms with Crippen LogP contribution < -0.4 is 0 Å². The number of ketones is 2. The molecule has 0 spiro atoms. The van der Waals surface area contributed by atoms with Crippen molar-refractivity contribution >= 4 is 33.5 Å². The highest BCUT2D eigenvalue weighted by Gasteiger charge is 2.77. The molecule has 0 aromatic carbocycles. The van der Waals surface area contributed by atoms with Crippen LogP contribution in [-0.4, -0.2) is 67.6 Å². The summed E-state index contributed by atoms with van der Waals surface area (Å²) in [6, 6.07) is 0. The molecule has 0 aromatic rings. The average Bonchev–Trinajstić information content (AvgIpc) is 2.97. The minimum absolute atomic E-state index is 0.0337. The summed E-state index contributed by atoms with van der Waals surface area (Å²) in [5.41, 5.74) is -7.59. The van der Waals surface area contributed by atoms with Crippen LogP contribution in [0.2, 0.25) is 0 Å².